The molecule has 0 saturated carbocycles. The van der Waals surface area contributed by atoms with E-state index in [9.17, 15) is 13.2 Å². The highest BCUT2D eigenvalue weighted by molar-refractivity contribution is 7.92. The summed E-state index contributed by atoms with van der Waals surface area (Å²) in [7, 11) is -3.91. The third-order valence-corrected chi connectivity index (χ3v) is 6.60. The van der Waals surface area contributed by atoms with Crippen molar-refractivity contribution in [3.8, 4) is 5.75 Å². The third kappa shape index (κ3) is 7.12. The molecule has 2 aromatic rings. The van der Waals surface area contributed by atoms with E-state index < -0.39 is 15.9 Å². The molecule has 176 valence electrons. The number of sulfonamides is 1. The summed E-state index contributed by atoms with van der Waals surface area (Å²) in [4.78, 5) is 14.9. The fourth-order valence-corrected chi connectivity index (χ4v) is 4.64. The first-order valence-electron chi connectivity index (χ1n) is 10.6. The lowest BCUT2D eigenvalue weighted by Gasteiger charge is -2.30. The molecule has 0 atom stereocenters. The summed E-state index contributed by atoms with van der Waals surface area (Å²) < 4.78 is 33.5. The zero-order valence-corrected chi connectivity index (χ0v) is 20.8. The summed E-state index contributed by atoms with van der Waals surface area (Å²) in [5, 5.41) is 3.02. The van der Waals surface area contributed by atoms with Crippen molar-refractivity contribution in [1.29, 1.82) is 0 Å². The summed E-state index contributed by atoms with van der Waals surface area (Å²) in [6.07, 6.45) is 0. The third-order valence-electron chi connectivity index (χ3n) is 4.89. The second kappa shape index (κ2) is 11.5. The molecule has 0 saturated heterocycles. The molecule has 32 heavy (non-hydrogen) atoms. The molecule has 0 unspecified atom stereocenters. The van der Waals surface area contributed by atoms with Gasteiger partial charge in [-0.3, -0.25) is 14.4 Å². The quantitative estimate of drug-likeness (QED) is 0.497. The van der Waals surface area contributed by atoms with Gasteiger partial charge in [-0.25, -0.2) is 8.42 Å². The predicted octanol–water partition coefficient (Wildman–Crippen LogP) is 4.39. The lowest BCUT2D eigenvalue weighted by atomic mass is 10.2. The molecule has 0 aromatic heterocycles. The van der Waals surface area contributed by atoms with E-state index in [2.05, 4.69) is 42.6 Å². The van der Waals surface area contributed by atoms with E-state index in [4.69, 9.17) is 16.3 Å². The Morgan fingerprint density at radius 2 is 1.69 bits per heavy atom. The van der Waals surface area contributed by atoms with Gasteiger partial charge in [-0.05, 0) is 77.1 Å². The number of carbonyl (C=O) groups is 1. The number of ether oxygens (including phenoxy) is 1. The van der Waals surface area contributed by atoms with Crippen LogP contribution in [0.25, 0.3) is 0 Å². The molecule has 7 nitrogen and oxygen atoms in total. The van der Waals surface area contributed by atoms with Crippen LogP contribution in [0.5, 0.6) is 5.75 Å². The van der Waals surface area contributed by atoms with Gasteiger partial charge in [0.1, 0.15) is 5.75 Å². The maximum absolute atomic E-state index is 12.8. The van der Waals surface area contributed by atoms with Crippen LogP contribution >= 0.6 is 11.6 Å². The van der Waals surface area contributed by atoms with E-state index in [0.29, 0.717) is 43.2 Å². The topological polar surface area (TPSA) is 87.7 Å². The minimum absolute atomic E-state index is 0.0491. The predicted molar refractivity (Wildman–Crippen MR) is 129 cm³/mol. The minimum atomic E-state index is -3.91. The largest absolute Gasteiger partial charge is 0.494 e. The molecule has 1 amide bonds. The number of rotatable bonds is 11. The van der Waals surface area contributed by atoms with Crippen LogP contribution in [-0.4, -0.2) is 51.0 Å². The van der Waals surface area contributed by atoms with Gasteiger partial charge in [0.15, 0.2) is 0 Å². The summed E-state index contributed by atoms with van der Waals surface area (Å²) in [5.41, 5.74) is 0.499. The van der Waals surface area contributed by atoms with E-state index in [0.717, 1.165) is 0 Å². The van der Waals surface area contributed by atoms with E-state index in [1.807, 2.05) is 6.92 Å². The van der Waals surface area contributed by atoms with E-state index in [-0.39, 0.29) is 15.5 Å². The van der Waals surface area contributed by atoms with Crippen molar-refractivity contribution in [3.63, 3.8) is 0 Å². The van der Waals surface area contributed by atoms with Crippen molar-refractivity contribution in [2.24, 2.45) is 0 Å². The fraction of sp³-hybridized carbons (Fsp3) is 0.435. The Balaban J connectivity index is 2.12. The normalized spacial score (nSPS) is 11.8. The molecule has 9 heteroatoms. The van der Waals surface area contributed by atoms with Gasteiger partial charge in [-0.1, -0.05) is 11.6 Å². The molecule has 0 radical (unpaired) electrons. The van der Waals surface area contributed by atoms with Crippen LogP contribution in [-0.2, 0) is 10.0 Å². The standard InChI is InChI=1S/C23H32ClN3O4S/c1-6-31-19-9-7-18(8-10-19)26-32(29,30)20-11-12-22(24)21(15-20)23(28)25-13-14-27(16(2)3)17(4)5/h7-12,15-17,26H,6,13-14H2,1-5H3,(H,25,28). The monoisotopic (exact) mass is 481 g/mol. The molecule has 2 aromatic carbocycles. The smallest absolute Gasteiger partial charge is 0.261 e. The van der Waals surface area contributed by atoms with Gasteiger partial charge >= 0.3 is 0 Å². The number of carbonyl (C=O) groups excluding carboxylic acids is 1. The zero-order valence-electron chi connectivity index (χ0n) is 19.2. The molecule has 0 spiro atoms. The van der Waals surface area contributed by atoms with Gasteiger partial charge in [0.05, 0.1) is 22.1 Å². The maximum atomic E-state index is 12.8. The molecule has 0 aliphatic carbocycles. The highest BCUT2D eigenvalue weighted by Crippen LogP contribution is 2.23. The van der Waals surface area contributed by atoms with Gasteiger partial charge in [-0.15, -0.1) is 0 Å². The van der Waals surface area contributed by atoms with Crippen LogP contribution in [0.15, 0.2) is 47.4 Å². The number of halogens is 1. The molecule has 0 fully saturated rings. The van der Waals surface area contributed by atoms with Gasteiger partial charge in [0, 0.05) is 30.9 Å². The fourth-order valence-electron chi connectivity index (χ4n) is 3.35. The van der Waals surface area contributed by atoms with Gasteiger partial charge in [0.25, 0.3) is 15.9 Å². The Labute approximate surface area is 196 Å². The second-order valence-corrected chi connectivity index (χ2v) is 9.98. The van der Waals surface area contributed by atoms with Crippen molar-refractivity contribution in [2.75, 3.05) is 24.4 Å². The first kappa shape index (κ1) is 26.0. The van der Waals surface area contributed by atoms with Crippen molar-refractivity contribution < 1.29 is 17.9 Å². The SMILES string of the molecule is CCOc1ccc(NS(=O)(=O)c2ccc(Cl)c(C(=O)NCCN(C(C)C)C(C)C)c2)cc1. The highest BCUT2D eigenvalue weighted by Gasteiger charge is 2.20. The first-order valence-corrected chi connectivity index (χ1v) is 12.5. The number of nitrogens with zero attached hydrogens (tertiary/aromatic N) is 1. The Hall–Kier alpha value is -2.29. The minimum Gasteiger partial charge on any atom is -0.494 e. The summed E-state index contributed by atoms with van der Waals surface area (Å²) in [5.74, 6) is 0.231. The Kier molecular flexibility index (Phi) is 9.36. The average Bonchev–Trinajstić information content (AvgIpc) is 2.72. The molecule has 0 aliphatic heterocycles. The van der Waals surface area contributed by atoms with Crippen LogP contribution in [0.2, 0.25) is 5.02 Å². The number of benzene rings is 2. The summed E-state index contributed by atoms with van der Waals surface area (Å²) in [6.45, 7) is 11.9. The molecule has 0 aliphatic rings. The molecule has 2 rings (SSSR count). The number of anilines is 1. The lowest BCUT2D eigenvalue weighted by Crippen LogP contribution is -2.42. The lowest BCUT2D eigenvalue weighted by molar-refractivity contribution is 0.0939. The Morgan fingerprint density at radius 3 is 2.25 bits per heavy atom. The summed E-state index contributed by atoms with van der Waals surface area (Å²) in [6, 6.07) is 11.3. The number of hydrogen-bond acceptors (Lipinski definition) is 5. The maximum Gasteiger partial charge on any atom is 0.261 e. The van der Waals surface area contributed by atoms with Crippen molar-refractivity contribution >= 4 is 33.2 Å². The van der Waals surface area contributed by atoms with Gasteiger partial charge < -0.3 is 10.1 Å². The van der Waals surface area contributed by atoms with E-state index in [1.165, 1.54) is 18.2 Å². The van der Waals surface area contributed by atoms with E-state index in [1.54, 1.807) is 24.3 Å². The van der Waals surface area contributed by atoms with Crippen LogP contribution in [0, 0.1) is 0 Å². The highest BCUT2D eigenvalue weighted by atomic mass is 35.5. The summed E-state index contributed by atoms with van der Waals surface area (Å²) >= 11 is 6.19. The van der Waals surface area contributed by atoms with Crippen LogP contribution in [0.3, 0.4) is 0 Å². The molecular weight excluding hydrogens is 450 g/mol. The molecule has 2 N–H and O–H groups in total. The first-order chi connectivity index (χ1) is 15.0. The van der Waals surface area contributed by atoms with Crippen LogP contribution in [0.1, 0.15) is 45.0 Å². The van der Waals surface area contributed by atoms with Crippen LogP contribution in [0.4, 0.5) is 5.69 Å². The molecule has 0 heterocycles. The molecule has 0 bridgehead atoms. The van der Waals surface area contributed by atoms with Crippen molar-refractivity contribution in [3.05, 3.63) is 53.1 Å². The van der Waals surface area contributed by atoms with Gasteiger partial charge in [-0.2, -0.15) is 0 Å². The second-order valence-electron chi connectivity index (χ2n) is 7.89. The number of amides is 1. The molecular formula is C23H32ClN3O4S. The van der Waals surface area contributed by atoms with Crippen molar-refractivity contribution in [1.82, 2.24) is 10.2 Å². The number of hydrogen-bond donors (Lipinski definition) is 2. The Bertz CT molecular complexity index is 1000. The van der Waals surface area contributed by atoms with Crippen LogP contribution < -0.4 is 14.8 Å². The average molecular weight is 482 g/mol. The van der Waals surface area contributed by atoms with E-state index >= 15 is 0 Å². The number of nitrogens with one attached hydrogen (secondary N) is 2. The zero-order chi connectivity index (χ0) is 23.9. The van der Waals surface area contributed by atoms with Crippen molar-refractivity contribution in [2.45, 2.75) is 51.6 Å². The van der Waals surface area contributed by atoms with Gasteiger partial charge in [0.2, 0.25) is 0 Å². The Morgan fingerprint density at radius 1 is 1.06 bits per heavy atom.